The van der Waals surface area contributed by atoms with Crippen LogP contribution >= 0.6 is 23.1 Å². The summed E-state index contributed by atoms with van der Waals surface area (Å²) in [7, 11) is 0. The maximum atomic E-state index is 10.6. The third kappa shape index (κ3) is 2.23. The molecule has 0 aliphatic heterocycles. The Morgan fingerprint density at radius 1 is 1.40 bits per heavy atom. The van der Waals surface area contributed by atoms with E-state index in [1.54, 1.807) is 11.3 Å². The van der Waals surface area contributed by atoms with Crippen LogP contribution in [0.4, 0.5) is 0 Å². The van der Waals surface area contributed by atoms with Gasteiger partial charge in [0.15, 0.2) is 5.82 Å². The topological polar surface area (TPSA) is 94.0 Å². The first-order valence-corrected chi connectivity index (χ1v) is 7.55. The standard InChI is InChI=1S/C12H10N4O2S2/c13-16-11(14-15-12(16)20-6-10(17)18)8-5-19-9-4-2-1-3-7(8)9/h1-5H,6,13H2,(H,17,18). The molecular formula is C12H10N4O2S2. The molecular weight excluding hydrogens is 296 g/mol. The molecule has 6 nitrogen and oxygen atoms in total. The van der Waals surface area contributed by atoms with E-state index < -0.39 is 5.97 Å². The number of carboxylic acid groups (broad SMARTS) is 1. The van der Waals surface area contributed by atoms with E-state index in [0.29, 0.717) is 11.0 Å². The molecule has 3 N–H and O–H groups in total. The predicted octanol–water partition coefficient (Wildman–Crippen LogP) is 2.05. The summed E-state index contributed by atoms with van der Waals surface area (Å²) in [5.74, 6) is 5.48. The lowest BCUT2D eigenvalue weighted by Gasteiger charge is -2.01. The summed E-state index contributed by atoms with van der Waals surface area (Å²) in [6, 6.07) is 7.96. The highest BCUT2D eigenvalue weighted by Crippen LogP contribution is 2.33. The SMILES string of the molecule is Nn1c(SCC(=O)O)nnc1-c1csc2ccccc12. The maximum absolute atomic E-state index is 10.6. The molecule has 20 heavy (non-hydrogen) atoms. The third-order valence-electron chi connectivity index (χ3n) is 2.71. The first-order chi connectivity index (χ1) is 9.66. The van der Waals surface area contributed by atoms with Crippen molar-refractivity contribution >= 4 is 39.2 Å². The molecule has 0 bridgehead atoms. The van der Waals surface area contributed by atoms with Crippen molar-refractivity contribution in [1.82, 2.24) is 14.9 Å². The number of thioether (sulfide) groups is 1. The zero-order valence-electron chi connectivity index (χ0n) is 10.2. The first kappa shape index (κ1) is 12.9. The van der Waals surface area contributed by atoms with E-state index in [4.69, 9.17) is 10.9 Å². The first-order valence-electron chi connectivity index (χ1n) is 5.68. The Labute approximate surface area is 122 Å². The fourth-order valence-corrected chi connectivity index (χ4v) is 3.35. The molecule has 0 radical (unpaired) electrons. The summed E-state index contributed by atoms with van der Waals surface area (Å²) in [6.45, 7) is 0. The molecule has 0 saturated carbocycles. The van der Waals surface area contributed by atoms with Gasteiger partial charge in [0.05, 0.1) is 5.75 Å². The smallest absolute Gasteiger partial charge is 0.313 e. The van der Waals surface area contributed by atoms with Crippen LogP contribution in [0, 0.1) is 0 Å². The van der Waals surface area contributed by atoms with Crippen LogP contribution < -0.4 is 5.84 Å². The van der Waals surface area contributed by atoms with Crippen molar-refractivity contribution in [3.05, 3.63) is 29.6 Å². The largest absolute Gasteiger partial charge is 0.481 e. The molecule has 3 rings (SSSR count). The molecule has 2 aromatic heterocycles. The lowest BCUT2D eigenvalue weighted by atomic mass is 10.2. The molecule has 0 aliphatic carbocycles. The zero-order chi connectivity index (χ0) is 14.1. The normalized spacial score (nSPS) is 11.0. The highest BCUT2D eigenvalue weighted by Gasteiger charge is 2.16. The van der Waals surface area contributed by atoms with Crippen LogP contribution in [-0.4, -0.2) is 31.7 Å². The molecule has 0 atom stereocenters. The van der Waals surface area contributed by atoms with Crippen LogP contribution in [0.3, 0.4) is 0 Å². The molecule has 0 saturated heterocycles. The zero-order valence-corrected chi connectivity index (χ0v) is 11.8. The molecule has 0 spiro atoms. The second-order valence-corrected chi connectivity index (χ2v) is 5.86. The van der Waals surface area contributed by atoms with Crippen molar-refractivity contribution in [2.45, 2.75) is 5.16 Å². The summed E-state index contributed by atoms with van der Waals surface area (Å²) in [4.78, 5) is 10.6. The number of fused-ring (bicyclic) bond motifs is 1. The second kappa shape index (κ2) is 5.14. The van der Waals surface area contributed by atoms with Crippen molar-refractivity contribution in [1.29, 1.82) is 0 Å². The fraction of sp³-hybridized carbons (Fsp3) is 0.0833. The molecule has 8 heteroatoms. The summed E-state index contributed by atoms with van der Waals surface area (Å²) < 4.78 is 2.48. The number of benzene rings is 1. The quantitative estimate of drug-likeness (QED) is 0.566. The summed E-state index contributed by atoms with van der Waals surface area (Å²) in [5, 5.41) is 20.1. The van der Waals surface area contributed by atoms with Gasteiger partial charge < -0.3 is 10.9 Å². The lowest BCUT2D eigenvalue weighted by molar-refractivity contribution is -0.133. The highest BCUT2D eigenvalue weighted by atomic mass is 32.2. The number of nitrogens with zero attached hydrogens (tertiary/aromatic N) is 3. The number of nitrogen functional groups attached to an aromatic ring is 1. The van der Waals surface area contributed by atoms with Gasteiger partial charge in [0.2, 0.25) is 5.16 Å². The minimum atomic E-state index is -0.916. The van der Waals surface area contributed by atoms with E-state index in [1.807, 2.05) is 29.6 Å². The number of hydrogen-bond donors (Lipinski definition) is 2. The van der Waals surface area contributed by atoms with E-state index in [1.165, 1.54) is 4.68 Å². The second-order valence-electron chi connectivity index (χ2n) is 4.00. The van der Waals surface area contributed by atoms with Gasteiger partial charge in [0, 0.05) is 21.0 Å². The number of carboxylic acids is 1. The molecule has 1 aromatic carbocycles. The van der Waals surface area contributed by atoms with Crippen LogP contribution in [0.15, 0.2) is 34.8 Å². The van der Waals surface area contributed by atoms with E-state index in [2.05, 4.69) is 10.2 Å². The summed E-state index contributed by atoms with van der Waals surface area (Å²) in [5.41, 5.74) is 0.905. The molecule has 0 aliphatic rings. The fourth-order valence-electron chi connectivity index (χ4n) is 1.84. The van der Waals surface area contributed by atoms with Crippen molar-refractivity contribution in [2.75, 3.05) is 11.6 Å². The van der Waals surface area contributed by atoms with Crippen molar-refractivity contribution in [2.24, 2.45) is 0 Å². The number of hydrogen-bond acceptors (Lipinski definition) is 6. The summed E-state index contributed by atoms with van der Waals surface area (Å²) >= 11 is 2.65. The average molecular weight is 306 g/mol. The highest BCUT2D eigenvalue weighted by molar-refractivity contribution is 7.99. The third-order valence-corrected chi connectivity index (χ3v) is 4.60. The van der Waals surface area contributed by atoms with Crippen LogP contribution in [0.5, 0.6) is 0 Å². The van der Waals surface area contributed by atoms with E-state index in [0.717, 1.165) is 27.4 Å². The number of aromatic nitrogens is 3. The Morgan fingerprint density at radius 3 is 3.00 bits per heavy atom. The number of aliphatic carboxylic acids is 1. The van der Waals surface area contributed by atoms with Crippen LogP contribution in [0.25, 0.3) is 21.5 Å². The van der Waals surface area contributed by atoms with Gasteiger partial charge in [-0.3, -0.25) is 4.79 Å². The van der Waals surface area contributed by atoms with Crippen molar-refractivity contribution in [3.63, 3.8) is 0 Å². The minimum absolute atomic E-state index is 0.0975. The van der Waals surface area contributed by atoms with Gasteiger partial charge >= 0.3 is 5.97 Å². The molecule has 2 heterocycles. The number of carbonyl (C=O) groups is 1. The minimum Gasteiger partial charge on any atom is -0.481 e. The summed E-state index contributed by atoms with van der Waals surface area (Å²) in [6.07, 6.45) is 0. The van der Waals surface area contributed by atoms with Gasteiger partial charge in [-0.05, 0) is 6.07 Å². The van der Waals surface area contributed by atoms with Gasteiger partial charge in [0.25, 0.3) is 0 Å². The number of rotatable bonds is 4. The van der Waals surface area contributed by atoms with Crippen molar-refractivity contribution in [3.8, 4) is 11.4 Å². The van der Waals surface area contributed by atoms with E-state index in [9.17, 15) is 4.79 Å². The average Bonchev–Trinajstić information content (AvgIpc) is 3.00. The van der Waals surface area contributed by atoms with E-state index in [-0.39, 0.29) is 5.75 Å². The van der Waals surface area contributed by atoms with Gasteiger partial charge in [-0.2, -0.15) is 0 Å². The molecule has 0 unspecified atom stereocenters. The molecule has 102 valence electrons. The Morgan fingerprint density at radius 2 is 2.20 bits per heavy atom. The van der Waals surface area contributed by atoms with Gasteiger partial charge in [-0.25, -0.2) is 4.68 Å². The van der Waals surface area contributed by atoms with Gasteiger partial charge in [-0.15, -0.1) is 21.5 Å². The Hall–Kier alpha value is -2.06. The monoisotopic (exact) mass is 306 g/mol. The maximum Gasteiger partial charge on any atom is 0.313 e. The van der Waals surface area contributed by atoms with Crippen LogP contribution in [0.1, 0.15) is 0 Å². The van der Waals surface area contributed by atoms with Crippen LogP contribution in [0.2, 0.25) is 0 Å². The molecule has 0 amide bonds. The molecule has 0 fully saturated rings. The van der Waals surface area contributed by atoms with Crippen molar-refractivity contribution < 1.29 is 9.90 Å². The van der Waals surface area contributed by atoms with E-state index >= 15 is 0 Å². The number of thiophene rings is 1. The lowest BCUT2D eigenvalue weighted by Crippen LogP contribution is -2.12. The van der Waals surface area contributed by atoms with Gasteiger partial charge in [-0.1, -0.05) is 30.0 Å². The molecule has 3 aromatic rings. The number of nitrogens with two attached hydrogens (primary N) is 1. The van der Waals surface area contributed by atoms with Gasteiger partial charge in [0.1, 0.15) is 0 Å². The Bertz CT molecular complexity index is 781. The predicted molar refractivity (Wildman–Crippen MR) is 79.4 cm³/mol. The van der Waals surface area contributed by atoms with Crippen LogP contribution in [-0.2, 0) is 4.79 Å². The Kier molecular flexibility index (Phi) is 3.33. The Balaban J connectivity index is 2.00.